The molecule has 1 N–H and O–H groups in total. The molecule has 1 aliphatic rings. The van der Waals surface area contributed by atoms with Crippen molar-refractivity contribution >= 4 is 5.71 Å². The molecule has 2 atom stereocenters. The van der Waals surface area contributed by atoms with Gasteiger partial charge in [0, 0.05) is 6.54 Å². The van der Waals surface area contributed by atoms with Gasteiger partial charge in [-0.2, -0.15) is 0 Å². The number of ether oxygens (including phenoxy) is 1. The summed E-state index contributed by atoms with van der Waals surface area (Å²) in [5, 5.41) is 7.43. The maximum absolute atomic E-state index is 5.50. The topological polar surface area (TPSA) is 42.8 Å². The van der Waals surface area contributed by atoms with Crippen molar-refractivity contribution in [2.24, 2.45) is 11.1 Å². The van der Waals surface area contributed by atoms with E-state index < -0.39 is 0 Å². The van der Waals surface area contributed by atoms with Gasteiger partial charge in [-0.3, -0.25) is 0 Å². The summed E-state index contributed by atoms with van der Waals surface area (Å²) >= 11 is 0. The van der Waals surface area contributed by atoms with Crippen LogP contribution in [0.15, 0.2) is 5.16 Å². The molecule has 1 rings (SSSR count). The summed E-state index contributed by atoms with van der Waals surface area (Å²) < 4.78 is 5.50. The van der Waals surface area contributed by atoms with E-state index in [-0.39, 0.29) is 12.1 Å². The molecule has 0 aliphatic carbocycles. The third-order valence-corrected chi connectivity index (χ3v) is 2.75. The van der Waals surface area contributed by atoms with Crippen LogP contribution in [-0.4, -0.2) is 37.6 Å². The average molecular weight is 214 g/mol. The van der Waals surface area contributed by atoms with Gasteiger partial charge in [0.15, 0.2) is 0 Å². The third-order valence-electron chi connectivity index (χ3n) is 2.75. The van der Waals surface area contributed by atoms with Crippen molar-refractivity contribution in [2.75, 3.05) is 19.8 Å². The van der Waals surface area contributed by atoms with Gasteiger partial charge in [0.2, 0.25) is 0 Å². The number of nitrogens with zero attached hydrogens (tertiary/aromatic N) is 1. The van der Waals surface area contributed by atoms with Crippen LogP contribution in [0.4, 0.5) is 0 Å². The monoisotopic (exact) mass is 214 g/mol. The molecule has 88 valence electrons. The van der Waals surface area contributed by atoms with Crippen molar-refractivity contribution in [3.8, 4) is 0 Å². The van der Waals surface area contributed by atoms with E-state index in [1.807, 2.05) is 6.92 Å². The molecule has 0 saturated carbocycles. The Balaban J connectivity index is 2.27. The normalized spacial score (nSPS) is 28.2. The fourth-order valence-electron chi connectivity index (χ4n) is 1.29. The highest BCUT2D eigenvalue weighted by molar-refractivity contribution is 5.83. The van der Waals surface area contributed by atoms with Gasteiger partial charge in [-0.25, -0.2) is 0 Å². The molecular weight excluding hydrogens is 192 g/mol. The van der Waals surface area contributed by atoms with Gasteiger partial charge in [-0.15, -0.1) is 0 Å². The molecule has 1 saturated heterocycles. The van der Waals surface area contributed by atoms with Gasteiger partial charge in [0.25, 0.3) is 0 Å². The Kier molecular flexibility index (Phi) is 5.05. The van der Waals surface area contributed by atoms with E-state index in [4.69, 9.17) is 9.57 Å². The Bertz CT molecular complexity index is 217. The van der Waals surface area contributed by atoms with E-state index in [0.29, 0.717) is 12.5 Å². The molecule has 0 aromatic rings. The minimum Gasteiger partial charge on any atom is -0.394 e. The predicted octanol–water partition coefficient (Wildman–Crippen LogP) is 1.41. The van der Waals surface area contributed by atoms with Crippen molar-refractivity contribution in [3.05, 3.63) is 0 Å². The van der Waals surface area contributed by atoms with Crippen LogP contribution in [0.2, 0.25) is 0 Å². The first kappa shape index (κ1) is 12.5. The number of hydrogen-bond acceptors (Lipinski definition) is 4. The minimum absolute atomic E-state index is 0.202. The van der Waals surface area contributed by atoms with Crippen LogP contribution in [-0.2, 0) is 9.57 Å². The summed E-state index contributed by atoms with van der Waals surface area (Å²) in [5.74, 6) is 0.443. The molecule has 1 fully saturated rings. The Morgan fingerprint density at radius 3 is 2.93 bits per heavy atom. The smallest absolute Gasteiger partial charge is 0.134 e. The van der Waals surface area contributed by atoms with Crippen molar-refractivity contribution in [2.45, 2.75) is 39.8 Å². The molecule has 0 bridgehead atoms. The molecule has 0 spiro atoms. The van der Waals surface area contributed by atoms with Crippen molar-refractivity contribution in [1.29, 1.82) is 0 Å². The summed E-state index contributed by atoms with van der Waals surface area (Å²) in [7, 11) is 0. The quantitative estimate of drug-likeness (QED) is 0.568. The molecule has 0 aromatic carbocycles. The highest BCUT2D eigenvalue weighted by atomic mass is 16.6. The first-order valence-electron chi connectivity index (χ1n) is 5.62. The highest BCUT2D eigenvalue weighted by Crippen LogP contribution is 2.05. The molecule has 1 heterocycles. The SMILES string of the molecule is C/C(=N\OC[C@@H]1NCCO[C@H]1C)C(C)C. The van der Waals surface area contributed by atoms with E-state index in [1.54, 1.807) is 0 Å². The van der Waals surface area contributed by atoms with Crippen LogP contribution in [0.5, 0.6) is 0 Å². The van der Waals surface area contributed by atoms with E-state index in [9.17, 15) is 0 Å². The number of nitrogens with one attached hydrogen (secondary N) is 1. The van der Waals surface area contributed by atoms with Crippen LogP contribution in [0, 0.1) is 5.92 Å². The molecule has 15 heavy (non-hydrogen) atoms. The zero-order valence-electron chi connectivity index (χ0n) is 10.1. The van der Waals surface area contributed by atoms with Crippen LogP contribution < -0.4 is 5.32 Å². The largest absolute Gasteiger partial charge is 0.394 e. The lowest BCUT2D eigenvalue weighted by molar-refractivity contribution is -0.0220. The van der Waals surface area contributed by atoms with E-state index in [0.717, 1.165) is 18.9 Å². The summed E-state index contributed by atoms with van der Waals surface area (Å²) in [6.07, 6.45) is 0.202. The summed E-state index contributed by atoms with van der Waals surface area (Å²) in [5.41, 5.74) is 1.03. The lowest BCUT2D eigenvalue weighted by Gasteiger charge is -2.29. The standard InChI is InChI=1S/C11H22N2O2/c1-8(2)9(3)13-15-7-11-10(4)14-6-5-12-11/h8,10-12H,5-7H2,1-4H3/b13-9+/t10-,11-/m0/s1. The third kappa shape index (κ3) is 4.18. The maximum atomic E-state index is 5.50. The van der Waals surface area contributed by atoms with Crippen molar-refractivity contribution < 1.29 is 9.57 Å². The second-order valence-corrected chi connectivity index (χ2v) is 4.32. The molecular formula is C11H22N2O2. The number of rotatable bonds is 4. The Labute approximate surface area is 92.0 Å². The van der Waals surface area contributed by atoms with Crippen LogP contribution >= 0.6 is 0 Å². The molecule has 0 radical (unpaired) electrons. The van der Waals surface area contributed by atoms with Crippen molar-refractivity contribution in [1.82, 2.24) is 5.32 Å². The second kappa shape index (κ2) is 6.08. The minimum atomic E-state index is 0.202. The fraction of sp³-hybridized carbons (Fsp3) is 0.909. The Hall–Kier alpha value is -0.610. The maximum Gasteiger partial charge on any atom is 0.134 e. The summed E-state index contributed by atoms with van der Waals surface area (Å²) in [4.78, 5) is 5.31. The van der Waals surface area contributed by atoms with Gasteiger partial charge in [0.05, 0.1) is 24.5 Å². The second-order valence-electron chi connectivity index (χ2n) is 4.32. The van der Waals surface area contributed by atoms with Crippen molar-refractivity contribution in [3.63, 3.8) is 0 Å². The number of hydrogen-bond donors (Lipinski definition) is 1. The summed E-state index contributed by atoms with van der Waals surface area (Å²) in [6.45, 7) is 10.5. The zero-order chi connectivity index (χ0) is 11.3. The van der Waals surface area contributed by atoms with Gasteiger partial charge < -0.3 is 14.9 Å². The molecule has 0 unspecified atom stereocenters. The van der Waals surface area contributed by atoms with Crippen LogP contribution in [0.3, 0.4) is 0 Å². The molecule has 0 aromatic heterocycles. The number of morpholine rings is 1. The lowest BCUT2D eigenvalue weighted by Crippen LogP contribution is -2.49. The van der Waals surface area contributed by atoms with Gasteiger partial charge in [-0.05, 0) is 19.8 Å². The zero-order valence-corrected chi connectivity index (χ0v) is 10.1. The highest BCUT2D eigenvalue weighted by Gasteiger charge is 2.21. The molecule has 4 heteroatoms. The van der Waals surface area contributed by atoms with E-state index in [1.165, 1.54) is 0 Å². The van der Waals surface area contributed by atoms with Crippen LogP contribution in [0.25, 0.3) is 0 Å². The average Bonchev–Trinajstić information content (AvgIpc) is 2.20. The first-order chi connectivity index (χ1) is 7.11. The van der Waals surface area contributed by atoms with Crippen LogP contribution in [0.1, 0.15) is 27.7 Å². The molecule has 1 aliphatic heterocycles. The Morgan fingerprint density at radius 2 is 2.33 bits per heavy atom. The van der Waals surface area contributed by atoms with Gasteiger partial charge in [-0.1, -0.05) is 19.0 Å². The summed E-state index contributed by atoms with van der Waals surface area (Å²) in [6, 6.07) is 0.252. The molecule has 0 amide bonds. The lowest BCUT2D eigenvalue weighted by atomic mass is 10.1. The van der Waals surface area contributed by atoms with Gasteiger partial charge >= 0.3 is 0 Å². The van der Waals surface area contributed by atoms with Gasteiger partial charge in [0.1, 0.15) is 6.61 Å². The fourth-order valence-corrected chi connectivity index (χ4v) is 1.29. The van der Waals surface area contributed by atoms with E-state index >= 15 is 0 Å². The Morgan fingerprint density at radius 1 is 1.60 bits per heavy atom. The van der Waals surface area contributed by atoms with E-state index in [2.05, 4.69) is 31.2 Å². The molecule has 4 nitrogen and oxygen atoms in total. The predicted molar refractivity (Wildman–Crippen MR) is 61.1 cm³/mol. The number of oxime groups is 1. The first-order valence-corrected chi connectivity index (χ1v) is 5.62.